The smallest absolute Gasteiger partial charge is 0.170 e. The minimum absolute atomic E-state index is 0.191. The van der Waals surface area contributed by atoms with Gasteiger partial charge in [-0.05, 0) is 24.8 Å². The van der Waals surface area contributed by atoms with E-state index >= 15 is 0 Å². The van der Waals surface area contributed by atoms with E-state index in [1.165, 1.54) is 12.8 Å². The summed E-state index contributed by atoms with van der Waals surface area (Å²) in [6, 6.07) is 2.03. The Hall–Kier alpha value is -0.830. The maximum atomic E-state index is 14.2. The van der Waals surface area contributed by atoms with E-state index < -0.39 is 0 Å². The largest absolute Gasteiger partial charge is 0.354 e. The van der Waals surface area contributed by atoms with Gasteiger partial charge >= 0.3 is 0 Å². The highest BCUT2D eigenvalue weighted by Crippen LogP contribution is 2.30. The minimum Gasteiger partial charge on any atom is -0.354 e. The molecule has 1 heterocycles. The predicted octanol–water partition coefficient (Wildman–Crippen LogP) is 3.97. The number of hydrogen-bond acceptors (Lipinski definition) is 2. The summed E-state index contributed by atoms with van der Waals surface area (Å²) in [6.07, 6.45) is 6.36. The van der Waals surface area contributed by atoms with E-state index in [0.717, 1.165) is 12.8 Å². The van der Waals surface area contributed by atoms with Crippen molar-refractivity contribution in [3.63, 3.8) is 0 Å². The van der Waals surface area contributed by atoms with Crippen molar-refractivity contribution in [2.45, 2.75) is 44.5 Å². The Labute approximate surface area is 113 Å². The summed E-state index contributed by atoms with van der Waals surface area (Å²) < 4.78 is 14.2. The summed E-state index contributed by atoms with van der Waals surface area (Å²) >= 11 is 5.73. The number of halogens is 2. The lowest BCUT2D eigenvalue weighted by Gasteiger charge is -2.35. The zero-order valence-corrected chi connectivity index (χ0v) is 11.8. The van der Waals surface area contributed by atoms with Gasteiger partial charge in [-0.2, -0.15) is 0 Å². The Balaban J connectivity index is 2.20. The van der Waals surface area contributed by atoms with Crippen LogP contribution in [0, 0.1) is 11.7 Å². The van der Waals surface area contributed by atoms with Crippen molar-refractivity contribution in [2.24, 2.45) is 5.92 Å². The first-order chi connectivity index (χ1) is 8.63. The molecule has 1 saturated carbocycles. The van der Waals surface area contributed by atoms with Crippen molar-refractivity contribution in [3.05, 3.63) is 23.6 Å². The fourth-order valence-corrected chi connectivity index (χ4v) is 2.95. The van der Waals surface area contributed by atoms with Crippen molar-refractivity contribution in [2.75, 3.05) is 11.9 Å². The maximum absolute atomic E-state index is 14.2. The van der Waals surface area contributed by atoms with E-state index in [4.69, 9.17) is 11.6 Å². The third-order valence-electron chi connectivity index (χ3n) is 3.89. The first-order valence-electron chi connectivity index (χ1n) is 6.55. The van der Waals surface area contributed by atoms with Gasteiger partial charge in [0.1, 0.15) is 0 Å². The highest BCUT2D eigenvalue weighted by Gasteiger charge is 2.25. The van der Waals surface area contributed by atoms with Gasteiger partial charge in [-0.3, -0.25) is 0 Å². The lowest BCUT2D eigenvalue weighted by molar-refractivity contribution is 0.334. The van der Waals surface area contributed by atoms with E-state index in [1.54, 1.807) is 12.3 Å². The molecule has 1 aliphatic carbocycles. The number of anilines is 1. The molecule has 0 amide bonds. The second-order valence-corrected chi connectivity index (χ2v) is 5.55. The predicted molar refractivity (Wildman–Crippen MR) is 73.6 cm³/mol. The van der Waals surface area contributed by atoms with Gasteiger partial charge in [0.25, 0.3) is 0 Å². The Bertz CT molecular complexity index is 411. The number of aromatic nitrogens is 1. The molecule has 2 rings (SSSR count). The van der Waals surface area contributed by atoms with Crippen molar-refractivity contribution in [1.82, 2.24) is 4.98 Å². The number of hydrogen-bond donors (Lipinski definition) is 0. The van der Waals surface area contributed by atoms with Gasteiger partial charge in [0.2, 0.25) is 0 Å². The highest BCUT2D eigenvalue weighted by atomic mass is 35.5. The zero-order valence-electron chi connectivity index (χ0n) is 11.0. The van der Waals surface area contributed by atoms with Crippen LogP contribution < -0.4 is 4.90 Å². The van der Waals surface area contributed by atoms with Crippen molar-refractivity contribution >= 4 is 17.4 Å². The summed E-state index contributed by atoms with van der Waals surface area (Å²) in [5, 5.41) is 0. The molecule has 0 aromatic carbocycles. The average Bonchev–Trinajstić information content (AvgIpc) is 2.38. The monoisotopic (exact) mass is 270 g/mol. The lowest BCUT2D eigenvalue weighted by Crippen LogP contribution is -2.36. The summed E-state index contributed by atoms with van der Waals surface area (Å²) in [7, 11) is 1.94. The van der Waals surface area contributed by atoms with E-state index in [-0.39, 0.29) is 11.7 Å². The normalized spacial score (nSPS) is 24.0. The molecule has 1 aliphatic rings. The molecule has 0 N–H and O–H groups in total. The van der Waals surface area contributed by atoms with E-state index in [9.17, 15) is 4.39 Å². The van der Waals surface area contributed by atoms with E-state index in [1.807, 2.05) is 11.9 Å². The van der Waals surface area contributed by atoms with Crippen LogP contribution in [0.2, 0.25) is 0 Å². The Morgan fingerprint density at radius 2 is 2.28 bits per heavy atom. The molecule has 1 aromatic rings. The van der Waals surface area contributed by atoms with Gasteiger partial charge in [-0.25, -0.2) is 9.37 Å². The molecule has 1 fully saturated rings. The number of pyridine rings is 1. The average molecular weight is 271 g/mol. The summed E-state index contributed by atoms with van der Waals surface area (Å²) in [4.78, 5) is 6.17. The van der Waals surface area contributed by atoms with Crippen molar-refractivity contribution in [3.8, 4) is 0 Å². The van der Waals surface area contributed by atoms with Gasteiger partial charge in [-0.15, -0.1) is 11.6 Å². The second kappa shape index (κ2) is 5.87. The van der Waals surface area contributed by atoms with Crippen molar-refractivity contribution in [1.29, 1.82) is 0 Å². The molecule has 100 valence electrons. The molecule has 0 bridgehead atoms. The van der Waals surface area contributed by atoms with E-state index in [0.29, 0.717) is 23.3 Å². The minimum atomic E-state index is -0.270. The molecule has 2 nitrogen and oxygen atoms in total. The molecule has 2 atom stereocenters. The fourth-order valence-electron chi connectivity index (χ4n) is 2.75. The van der Waals surface area contributed by atoms with Gasteiger partial charge < -0.3 is 4.90 Å². The van der Waals surface area contributed by atoms with E-state index in [2.05, 4.69) is 11.9 Å². The standard InChI is InChI=1S/C14H20ClFN2/c1-10-4-3-5-12(8-10)18(2)14-13(16)11(9-15)6-7-17-14/h6-7,10,12H,3-5,8-9H2,1-2H3. The van der Waals surface area contributed by atoms with Crippen LogP contribution in [-0.4, -0.2) is 18.1 Å². The van der Waals surface area contributed by atoms with Gasteiger partial charge in [0.15, 0.2) is 11.6 Å². The fraction of sp³-hybridized carbons (Fsp3) is 0.643. The number of rotatable bonds is 3. The molecule has 2 unspecified atom stereocenters. The topological polar surface area (TPSA) is 16.1 Å². The summed E-state index contributed by atoms with van der Waals surface area (Å²) in [5.74, 6) is 1.07. The van der Waals surface area contributed by atoms with Crippen LogP contribution in [0.1, 0.15) is 38.2 Å². The third-order valence-corrected chi connectivity index (χ3v) is 4.17. The SMILES string of the molecule is CC1CCCC(N(C)c2nccc(CCl)c2F)C1. The quantitative estimate of drug-likeness (QED) is 0.773. The molecular weight excluding hydrogens is 251 g/mol. The van der Waals surface area contributed by atoms with Crippen LogP contribution in [0.5, 0.6) is 0 Å². The van der Waals surface area contributed by atoms with Crippen LogP contribution in [0.4, 0.5) is 10.2 Å². The third kappa shape index (κ3) is 2.77. The first-order valence-corrected chi connectivity index (χ1v) is 7.09. The first kappa shape index (κ1) is 13.6. The molecule has 0 saturated heterocycles. The van der Waals surface area contributed by atoms with Crippen LogP contribution in [-0.2, 0) is 5.88 Å². The van der Waals surface area contributed by atoms with Crippen molar-refractivity contribution < 1.29 is 4.39 Å². The summed E-state index contributed by atoms with van der Waals surface area (Å²) in [6.45, 7) is 2.26. The number of nitrogens with zero attached hydrogens (tertiary/aromatic N) is 2. The Kier molecular flexibility index (Phi) is 4.44. The summed E-state index contributed by atoms with van der Waals surface area (Å²) in [5.41, 5.74) is 0.525. The van der Waals surface area contributed by atoms with Crippen LogP contribution in [0.15, 0.2) is 12.3 Å². The van der Waals surface area contributed by atoms with Gasteiger partial charge in [0, 0.05) is 24.8 Å². The molecule has 18 heavy (non-hydrogen) atoms. The molecule has 1 aromatic heterocycles. The molecule has 4 heteroatoms. The second-order valence-electron chi connectivity index (χ2n) is 5.28. The van der Waals surface area contributed by atoms with Gasteiger partial charge in [0.05, 0.1) is 5.88 Å². The molecule has 0 radical (unpaired) electrons. The lowest BCUT2D eigenvalue weighted by atomic mass is 9.86. The molecule has 0 spiro atoms. The van der Waals surface area contributed by atoms with Crippen LogP contribution in [0.25, 0.3) is 0 Å². The Morgan fingerprint density at radius 3 is 2.94 bits per heavy atom. The highest BCUT2D eigenvalue weighted by molar-refractivity contribution is 6.17. The Morgan fingerprint density at radius 1 is 1.50 bits per heavy atom. The van der Waals surface area contributed by atoms with Crippen LogP contribution >= 0.6 is 11.6 Å². The molecular formula is C14H20ClFN2. The maximum Gasteiger partial charge on any atom is 0.170 e. The molecule has 0 aliphatic heterocycles. The zero-order chi connectivity index (χ0) is 13.1. The van der Waals surface area contributed by atoms with Crippen LogP contribution in [0.3, 0.4) is 0 Å². The van der Waals surface area contributed by atoms with Gasteiger partial charge in [-0.1, -0.05) is 19.8 Å². The number of alkyl halides is 1.